The molecule has 3 N–H and O–H groups in total. The molecule has 0 aromatic heterocycles. The predicted octanol–water partition coefficient (Wildman–Crippen LogP) is 0.731. The van der Waals surface area contributed by atoms with Crippen LogP contribution in [0.3, 0.4) is 0 Å². The molecule has 2 rings (SSSR count). The molecule has 116 valence electrons. The topological polar surface area (TPSA) is 67.6 Å². The zero-order valence-electron chi connectivity index (χ0n) is 12.9. The van der Waals surface area contributed by atoms with Crippen LogP contribution in [-0.2, 0) is 9.53 Å². The van der Waals surface area contributed by atoms with E-state index in [1.54, 1.807) is 0 Å². The quantitative estimate of drug-likeness (QED) is 0.798. The first-order valence-electron chi connectivity index (χ1n) is 7.90. The van der Waals surface area contributed by atoms with E-state index < -0.39 is 5.54 Å². The van der Waals surface area contributed by atoms with Crippen LogP contribution in [0.1, 0.15) is 39.5 Å². The van der Waals surface area contributed by atoms with Gasteiger partial charge in [-0.1, -0.05) is 6.92 Å². The largest absolute Gasteiger partial charge is 0.381 e. The molecule has 1 unspecified atom stereocenters. The number of nitrogens with zero attached hydrogens (tertiary/aromatic N) is 1. The van der Waals surface area contributed by atoms with Crippen molar-refractivity contribution >= 4 is 5.91 Å². The number of hydrogen-bond donors (Lipinski definition) is 2. The van der Waals surface area contributed by atoms with Crippen molar-refractivity contribution in [3.63, 3.8) is 0 Å². The third-order valence-corrected chi connectivity index (χ3v) is 4.84. The van der Waals surface area contributed by atoms with Gasteiger partial charge in [0, 0.05) is 25.8 Å². The molecule has 0 spiro atoms. The Morgan fingerprint density at radius 2 is 2.00 bits per heavy atom. The summed E-state index contributed by atoms with van der Waals surface area (Å²) in [5, 5.41) is 3.04. The number of carbonyl (C=O) groups is 1. The van der Waals surface area contributed by atoms with Gasteiger partial charge in [0.05, 0.1) is 5.54 Å². The number of amides is 1. The minimum absolute atomic E-state index is 0.0157. The molecule has 2 fully saturated rings. The lowest BCUT2D eigenvalue weighted by molar-refractivity contribution is -0.130. The molecule has 5 heteroatoms. The van der Waals surface area contributed by atoms with Crippen LogP contribution in [0.2, 0.25) is 0 Å². The Hall–Kier alpha value is -0.650. The fraction of sp³-hybridized carbons (Fsp3) is 0.933. The molecule has 0 aromatic carbocycles. The van der Waals surface area contributed by atoms with Crippen LogP contribution in [0, 0.1) is 5.92 Å². The van der Waals surface area contributed by atoms with Gasteiger partial charge in [-0.2, -0.15) is 0 Å². The second kappa shape index (κ2) is 6.87. The second-order valence-corrected chi connectivity index (χ2v) is 6.55. The number of ether oxygens (including phenoxy) is 1. The molecule has 0 aliphatic carbocycles. The average molecular weight is 283 g/mol. The Balaban J connectivity index is 1.75. The molecule has 1 atom stereocenters. The molecule has 0 radical (unpaired) electrons. The lowest BCUT2D eigenvalue weighted by atomic mass is 9.90. The molecule has 20 heavy (non-hydrogen) atoms. The van der Waals surface area contributed by atoms with E-state index in [9.17, 15) is 4.79 Å². The SMILES string of the molecule is CC1CCN(C(C)CNC(=O)C2(N)CCOCC2)CC1. The number of carbonyl (C=O) groups excluding carboxylic acids is 1. The Morgan fingerprint density at radius 1 is 1.40 bits per heavy atom. The van der Waals surface area contributed by atoms with Gasteiger partial charge >= 0.3 is 0 Å². The van der Waals surface area contributed by atoms with Crippen molar-refractivity contribution in [1.82, 2.24) is 10.2 Å². The maximum absolute atomic E-state index is 12.2. The molecular weight excluding hydrogens is 254 g/mol. The van der Waals surface area contributed by atoms with Crippen LogP contribution in [0.25, 0.3) is 0 Å². The molecule has 0 bridgehead atoms. The highest BCUT2D eigenvalue weighted by atomic mass is 16.5. The van der Waals surface area contributed by atoms with Crippen molar-refractivity contribution in [2.45, 2.75) is 51.1 Å². The summed E-state index contributed by atoms with van der Waals surface area (Å²) >= 11 is 0. The summed E-state index contributed by atoms with van der Waals surface area (Å²) < 4.78 is 5.28. The van der Waals surface area contributed by atoms with Crippen LogP contribution in [0.5, 0.6) is 0 Å². The summed E-state index contributed by atoms with van der Waals surface area (Å²) in [7, 11) is 0. The third kappa shape index (κ3) is 3.93. The fourth-order valence-electron chi connectivity index (χ4n) is 2.98. The van der Waals surface area contributed by atoms with Gasteiger partial charge in [-0.25, -0.2) is 0 Å². The third-order valence-electron chi connectivity index (χ3n) is 4.84. The van der Waals surface area contributed by atoms with E-state index in [4.69, 9.17) is 10.5 Å². The Bertz CT molecular complexity index is 321. The summed E-state index contributed by atoms with van der Waals surface area (Å²) in [6, 6.07) is 0.384. The highest BCUT2D eigenvalue weighted by Crippen LogP contribution is 2.19. The van der Waals surface area contributed by atoms with Crippen LogP contribution in [-0.4, -0.2) is 55.2 Å². The second-order valence-electron chi connectivity index (χ2n) is 6.55. The molecule has 2 aliphatic rings. The Morgan fingerprint density at radius 3 is 2.60 bits per heavy atom. The van der Waals surface area contributed by atoms with Gasteiger partial charge in [0.2, 0.25) is 5.91 Å². The number of nitrogens with two attached hydrogens (primary N) is 1. The van der Waals surface area contributed by atoms with Gasteiger partial charge < -0.3 is 15.8 Å². The summed E-state index contributed by atoms with van der Waals surface area (Å²) in [5.74, 6) is 0.820. The van der Waals surface area contributed by atoms with E-state index in [2.05, 4.69) is 24.1 Å². The highest BCUT2D eigenvalue weighted by molar-refractivity contribution is 5.86. The number of piperidine rings is 1. The first-order valence-corrected chi connectivity index (χ1v) is 7.90. The van der Waals surface area contributed by atoms with Crippen LogP contribution in [0.15, 0.2) is 0 Å². The monoisotopic (exact) mass is 283 g/mol. The highest BCUT2D eigenvalue weighted by Gasteiger charge is 2.36. The molecule has 0 saturated carbocycles. The first kappa shape index (κ1) is 15.7. The number of likely N-dealkylation sites (tertiary alicyclic amines) is 1. The van der Waals surface area contributed by atoms with E-state index >= 15 is 0 Å². The number of nitrogens with one attached hydrogen (secondary N) is 1. The van der Waals surface area contributed by atoms with Gasteiger partial charge in [0.25, 0.3) is 0 Å². The summed E-state index contributed by atoms with van der Waals surface area (Å²) in [6.07, 6.45) is 3.76. The zero-order chi connectivity index (χ0) is 14.6. The van der Waals surface area contributed by atoms with E-state index in [1.807, 2.05) is 0 Å². The van der Waals surface area contributed by atoms with E-state index in [0.29, 0.717) is 38.6 Å². The number of rotatable bonds is 4. The van der Waals surface area contributed by atoms with Gasteiger partial charge in [-0.05, 0) is 51.6 Å². The molecule has 2 saturated heterocycles. The van der Waals surface area contributed by atoms with Crippen molar-refractivity contribution in [2.24, 2.45) is 11.7 Å². The van der Waals surface area contributed by atoms with E-state index in [1.165, 1.54) is 12.8 Å². The van der Waals surface area contributed by atoms with Crippen molar-refractivity contribution < 1.29 is 9.53 Å². The van der Waals surface area contributed by atoms with Crippen LogP contribution in [0.4, 0.5) is 0 Å². The van der Waals surface area contributed by atoms with Crippen LogP contribution >= 0.6 is 0 Å². The molecular formula is C15H29N3O2. The van der Waals surface area contributed by atoms with Crippen LogP contribution < -0.4 is 11.1 Å². The van der Waals surface area contributed by atoms with Gasteiger partial charge in [0.1, 0.15) is 0 Å². The molecule has 0 aromatic rings. The maximum atomic E-state index is 12.2. The van der Waals surface area contributed by atoms with E-state index in [-0.39, 0.29) is 5.91 Å². The molecule has 2 aliphatic heterocycles. The van der Waals surface area contributed by atoms with Gasteiger partial charge in [0.15, 0.2) is 0 Å². The molecule has 2 heterocycles. The zero-order valence-corrected chi connectivity index (χ0v) is 12.9. The average Bonchev–Trinajstić information content (AvgIpc) is 2.46. The van der Waals surface area contributed by atoms with Crippen molar-refractivity contribution in [2.75, 3.05) is 32.8 Å². The number of hydrogen-bond acceptors (Lipinski definition) is 4. The molecule has 5 nitrogen and oxygen atoms in total. The lowest BCUT2D eigenvalue weighted by Crippen LogP contribution is -2.58. The van der Waals surface area contributed by atoms with Gasteiger partial charge in [-0.15, -0.1) is 0 Å². The minimum atomic E-state index is -0.728. The maximum Gasteiger partial charge on any atom is 0.240 e. The minimum Gasteiger partial charge on any atom is -0.381 e. The van der Waals surface area contributed by atoms with E-state index in [0.717, 1.165) is 19.0 Å². The predicted molar refractivity (Wildman–Crippen MR) is 79.4 cm³/mol. The Kier molecular flexibility index (Phi) is 5.41. The fourth-order valence-corrected chi connectivity index (χ4v) is 2.98. The standard InChI is InChI=1S/C15H29N3O2/c1-12-3-7-18(8-4-12)13(2)11-17-14(19)15(16)5-9-20-10-6-15/h12-13H,3-11,16H2,1-2H3,(H,17,19). The normalized spacial score (nSPS) is 26.1. The first-order chi connectivity index (χ1) is 9.51. The van der Waals surface area contributed by atoms with Crippen molar-refractivity contribution in [1.29, 1.82) is 0 Å². The van der Waals surface area contributed by atoms with Crippen molar-refractivity contribution in [3.05, 3.63) is 0 Å². The smallest absolute Gasteiger partial charge is 0.240 e. The summed E-state index contributed by atoms with van der Waals surface area (Å²) in [5.41, 5.74) is 5.45. The van der Waals surface area contributed by atoms with Crippen molar-refractivity contribution in [3.8, 4) is 0 Å². The lowest BCUT2D eigenvalue weighted by Gasteiger charge is -2.36. The Labute approximate surface area is 122 Å². The summed E-state index contributed by atoms with van der Waals surface area (Å²) in [4.78, 5) is 14.7. The molecule has 1 amide bonds. The summed E-state index contributed by atoms with van der Waals surface area (Å²) in [6.45, 7) is 8.64. The van der Waals surface area contributed by atoms with Gasteiger partial charge in [-0.3, -0.25) is 9.69 Å².